The van der Waals surface area contributed by atoms with Gasteiger partial charge in [0.1, 0.15) is 11.6 Å². The van der Waals surface area contributed by atoms with Crippen molar-refractivity contribution in [2.45, 2.75) is 38.1 Å². The van der Waals surface area contributed by atoms with Gasteiger partial charge in [-0.25, -0.2) is 22.5 Å². The molecular formula is C23H19F7N4O. The molecule has 0 radical (unpaired) electrons. The Morgan fingerprint density at radius 1 is 1.00 bits per heavy atom. The molecule has 0 fully saturated rings. The maximum absolute atomic E-state index is 13.9. The first kappa shape index (κ1) is 24.7. The third-order valence-electron chi connectivity index (χ3n) is 5.74. The Morgan fingerprint density at radius 3 is 2.31 bits per heavy atom. The monoisotopic (exact) mass is 500 g/mol. The lowest BCUT2D eigenvalue weighted by Gasteiger charge is -2.30. The van der Waals surface area contributed by atoms with Crippen molar-refractivity contribution in [2.75, 3.05) is 6.54 Å². The number of aromatic nitrogens is 2. The molecule has 0 unspecified atom stereocenters. The maximum Gasteiger partial charge on any atom is 0.449 e. The molecule has 0 saturated carbocycles. The number of carbonyl (C=O) groups excluding carboxylic acids is 1. The Kier molecular flexibility index (Phi) is 6.58. The summed E-state index contributed by atoms with van der Waals surface area (Å²) in [7, 11) is 0. The molecule has 12 heteroatoms. The van der Waals surface area contributed by atoms with E-state index in [1.807, 2.05) is 0 Å². The molecule has 2 aromatic carbocycles. The Balaban J connectivity index is 1.54. The Labute approximate surface area is 195 Å². The second-order valence-corrected chi connectivity index (χ2v) is 8.23. The highest BCUT2D eigenvalue weighted by molar-refractivity contribution is 5.77. The molecule has 0 bridgehead atoms. The molecule has 3 aromatic rings. The maximum atomic E-state index is 13.9. The predicted octanol–water partition coefficient (Wildman–Crippen LogP) is 4.43. The summed E-state index contributed by atoms with van der Waals surface area (Å²) in [6, 6.07) is 4.89. The second-order valence-electron chi connectivity index (χ2n) is 8.23. The largest absolute Gasteiger partial charge is 0.449 e. The van der Waals surface area contributed by atoms with Crippen molar-refractivity contribution < 1.29 is 35.5 Å². The molecule has 0 spiro atoms. The van der Waals surface area contributed by atoms with Crippen LogP contribution in [0.4, 0.5) is 30.7 Å². The summed E-state index contributed by atoms with van der Waals surface area (Å²) in [5, 5.41) is 0. The zero-order chi connectivity index (χ0) is 25.5. The SMILES string of the molecule is N[C@@H](CC(=O)N1CCn2c(C(F)(F)F)nc(-c3ccc(F)cc3)c2C1)Cc1cc(F)c(F)cc1F. The van der Waals surface area contributed by atoms with Crippen LogP contribution in [-0.4, -0.2) is 32.9 Å². The van der Waals surface area contributed by atoms with Gasteiger partial charge in [0.05, 0.1) is 17.9 Å². The van der Waals surface area contributed by atoms with E-state index < -0.39 is 47.2 Å². The van der Waals surface area contributed by atoms with Gasteiger partial charge in [-0.3, -0.25) is 4.79 Å². The van der Waals surface area contributed by atoms with E-state index in [0.717, 1.165) is 16.7 Å². The number of carbonyl (C=O) groups is 1. The number of hydrogen-bond acceptors (Lipinski definition) is 3. The Hall–Kier alpha value is -3.41. The fraction of sp³-hybridized carbons (Fsp3) is 0.304. The Bertz CT molecular complexity index is 1250. The van der Waals surface area contributed by atoms with Crippen molar-refractivity contribution in [1.82, 2.24) is 14.5 Å². The molecule has 1 aromatic heterocycles. The van der Waals surface area contributed by atoms with Gasteiger partial charge in [0.15, 0.2) is 11.6 Å². The smallest absolute Gasteiger partial charge is 0.335 e. The highest BCUT2D eigenvalue weighted by Gasteiger charge is 2.40. The molecule has 5 nitrogen and oxygen atoms in total. The summed E-state index contributed by atoms with van der Waals surface area (Å²) in [5.74, 6) is -5.80. The van der Waals surface area contributed by atoms with E-state index in [-0.39, 0.29) is 55.0 Å². The van der Waals surface area contributed by atoms with Crippen LogP contribution in [-0.2, 0) is 30.5 Å². The number of rotatable bonds is 5. The molecule has 4 rings (SSSR count). The molecule has 0 saturated heterocycles. The number of nitrogens with zero attached hydrogens (tertiary/aromatic N) is 3. The number of alkyl halides is 3. The average Bonchev–Trinajstić information content (AvgIpc) is 3.17. The van der Waals surface area contributed by atoms with Gasteiger partial charge in [-0.05, 0) is 42.3 Å². The number of imidazole rings is 1. The number of nitrogens with two attached hydrogens (primary N) is 1. The standard InChI is InChI=1S/C23H19F7N4O/c24-14-3-1-12(2-4-14)21-19-11-33(5-6-34(19)22(32-21)23(28,29)30)20(35)9-15(31)7-13-8-17(26)18(27)10-16(13)25/h1-4,8,10,15H,5-7,9,11,31H2/t15-/m1/s1. The second kappa shape index (κ2) is 9.33. The number of halogens is 7. The quantitative estimate of drug-likeness (QED) is 0.417. The van der Waals surface area contributed by atoms with Crippen molar-refractivity contribution in [1.29, 1.82) is 0 Å². The van der Waals surface area contributed by atoms with Crippen LogP contribution in [0.25, 0.3) is 11.3 Å². The number of amides is 1. The summed E-state index contributed by atoms with van der Waals surface area (Å²) in [5.41, 5.74) is 6.09. The molecule has 1 aliphatic heterocycles. The fourth-order valence-corrected chi connectivity index (χ4v) is 4.06. The lowest BCUT2D eigenvalue weighted by molar-refractivity contribution is -0.148. The topological polar surface area (TPSA) is 64.2 Å². The van der Waals surface area contributed by atoms with Crippen LogP contribution < -0.4 is 5.73 Å². The van der Waals surface area contributed by atoms with Gasteiger partial charge >= 0.3 is 6.18 Å². The van der Waals surface area contributed by atoms with Gasteiger partial charge in [-0.1, -0.05) is 0 Å². The fourth-order valence-electron chi connectivity index (χ4n) is 4.06. The van der Waals surface area contributed by atoms with Crippen LogP contribution in [0.5, 0.6) is 0 Å². The molecular weight excluding hydrogens is 481 g/mol. The molecule has 1 atom stereocenters. The van der Waals surface area contributed by atoms with Crippen molar-refractivity contribution in [2.24, 2.45) is 5.73 Å². The van der Waals surface area contributed by atoms with Crippen LogP contribution >= 0.6 is 0 Å². The molecule has 35 heavy (non-hydrogen) atoms. The van der Waals surface area contributed by atoms with Gasteiger partial charge < -0.3 is 15.2 Å². The minimum atomic E-state index is -4.74. The summed E-state index contributed by atoms with van der Waals surface area (Å²) < 4.78 is 95.4. The van der Waals surface area contributed by atoms with Gasteiger partial charge in [0.25, 0.3) is 0 Å². The minimum absolute atomic E-state index is 0.0250. The first-order chi connectivity index (χ1) is 16.4. The summed E-state index contributed by atoms with van der Waals surface area (Å²) >= 11 is 0. The van der Waals surface area contributed by atoms with Gasteiger partial charge in [-0.2, -0.15) is 13.2 Å². The van der Waals surface area contributed by atoms with Crippen LogP contribution in [0.3, 0.4) is 0 Å². The van der Waals surface area contributed by atoms with Crippen molar-refractivity contribution in [3.05, 3.63) is 76.7 Å². The lowest BCUT2D eigenvalue weighted by Crippen LogP contribution is -2.42. The van der Waals surface area contributed by atoms with E-state index >= 15 is 0 Å². The van der Waals surface area contributed by atoms with E-state index in [0.29, 0.717) is 12.1 Å². The van der Waals surface area contributed by atoms with E-state index in [4.69, 9.17) is 5.73 Å². The lowest BCUT2D eigenvalue weighted by atomic mass is 10.0. The van der Waals surface area contributed by atoms with Crippen LogP contribution in [0.15, 0.2) is 36.4 Å². The summed E-state index contributed by atoms with van der Waals surface area (Å²) in [6.07, 6.45) is -5.29. The van der Waals surface area contributed by atoms with E-state index in [1.54, 1.807) is 0 Å². The minimum Gasteiger partial charge on any atom is -0.335 e. The van der Waals surface area contributed by atoms with Crippen molar-refractivity contribution in [3.63, 3.8) is 0 Å². The van der Waals surface area contributed by atoms with Gasteiger partial charge in [0.2, 0.25) is 11.7 Å². The first-order valence-electron chi connectivity index (χ1n) is 10.5. The molecule has 186 valence electrons. The average molecular weight is 500 g/mol. The summed E-state index contributed by atoms with van der Waals surface area (Å²) in [4.78, 5) is 17.9. The van der Waals surface area contributed by atoms with Gasteiger partial charge in [0, 0.05) is 37.2 Å². The molecule has 1 amide bonds. The summed E-state index contributed by atoms with van der Waals surface area (Å²) in [6.45, 7) is -0.446. The van der Waals surface area contributed by atoms with E-state index in [2.05, 4.69) is 4.98 Å². The number of benzene rings is 2. The predicted molar refractivity (Wildman–Crippen MR) is 111 cm³/mol. The molecule has 2 heterocycles. The van der Waals surface area contributed by atoms with Crippen LogP contribution in [0.1, 0.15) is 23.5 Å². The van der Waals surface area contributed by atoms with E-state index in [9.17, 15) is 35.5 Å². The van der Waals surface area contributed by atoms with Crippen LogP contribution in [0, 0.1) is 23.3 Å². The molecule has 1 aliphatic rings. The van der Waals surface area contributed by atoms with Crippen molar-refractivity contribution >= 4 is 5.91 Å². The molecule has 2 N–H and O–H groups in total. The highest BCUT2D eigenvalue weighted by atomic mass is 19.4. The van der Waals surface area contributed by atoms with Crippen molar-refractivity contribution in [3.8, 4) is 11.3 Å². The molecule has 0 aliphatic carbocycles. The number of fused-ring (bicyclic) bond motifs is 1. The number of hydrogen-bond donors (Lipinski definition) is 1. The highest BCUT2D eigenvalue weighted by Crippen LogP contribution is 2.36. The first-order valence-corrected chi connectivity index (χ1v) is 10.5. The van der Waals surface area contributed by atoms with E-state index in [1.165, 1.54) is 17.0 Å². The third-order valence-corrected chi connectivity index (χ3v) is 5.74. The third kappa shape index (κ3) is 5.16. The van der Waals surface area contributed by atoms with Crippen LogP contribution in [0.2, 0.25) is 0 Å². The normalized spacial score (nSPS) is 14.7. The zero-order valence-electron chi connectivity index (χ0n) is 18.0. The Morgan fingerprint density at radius 2 is 1.66 bits per heavy atom. The zero-order valence-corrected chi connectivity index (χ0v) is 18.0. The van der Waals surface area contributed by atoms with Gasteiger partial charge in [-0.15, -0.1) is 0 Å².